The lowest BCUT2D eigenvalue weighted by Crippen LogP contribution is -2.61. The zero-order valence-corrected chi connectivity index (χ0v) is 23.1. The number of benzene rings is 1. The zero-order valence-electron chi connectivity index (χ0n) is 23.1. The van der Waals surface area contributed by atoms with Gasteiger partial charge in [-0.15, -0.1) is 0 Å². The quantitative estimate of drug-likeness (QED) is 0.154. The molecule has 12 nitrogen and oxygen atoms in total. The summed E-state index contributed by atoms with van der Waals surface area (Å²) in [5.74, 6) is -8.77. The number of urea groups is 1. The number of nitrogens with zero attached hydrogens (tertiary/aromatic N) is 1. The molecule has 1 aromatic rings. The summed E-state index contributed by atoms with van der Waals surface area (Å²) in [6.45, 7) is 6.15. The number of aromatic hydroxyl groups is 1. The number of hydrogen-bond donors (Lipinski definition) is 7. The van der Waals surface area contributed by atoms with Crippen LogP contribution in [0.1, 0.15) is 44.2 Å². The summed E-state index contributed by atoms with van der Waals surface area (Å²) in [6.07, 6.45) is -0.651. The van der Waals surface area contributed by atoms with Crippen LogP contribution >= 0.6 is 0 Å². The number of aliphatic hydroxyl groups excluding tert-OH is 3. The molecule has 0 radical (unpaired) electrons. The van der Waals surface area contributed by atoms with E-state index in [0.717, 1.165) is 6.42 Å². The number of hydrogen-bond acceptors (Lipinski definition) is 9. The van der Waals surface area contributed by atoms with Crippen LogP contribution in [0.5, 0.6) is 5.75 Å². The van der Waals surface area contributed by atoms with Gasteiger partial charge in [-0.2, -0.15) is 0 Å². The number of fused-ring (bicyclic) bond motifs is 3. The molecule has 12 heteroatoms. The van der Waals surface area contributed by atoms with Crippen LogP contribution in [0.15, 0.2) is 29.0 Å². The van der Waals surface area contributed by atoms with Crippen molar-refractivity contribution in [2.75, 3.05) is 26.0 Å². The molecule has 216 valence electrons. The third-order valence-corrected chi connectivity index (χ3v) is 8.25. The van der Waals surface area contributed by atoms with Gasteiger partial charge in [-0.05, 0) is 44.0 Å². The van der Waals surface area contributed by atoms with E-state index in [-0.39, 0.29) is 16.8 Å². The van der Waals surface area contributed by atoms with E-state index in [2.05, 4.69) is 10.6 Å². The molecule has 0 aromatic heterocycles. The smallest absolute Gasteiger partial charge is 0.319 e. The van der Waals surface area contributed by atoms with E-state index >= 15 is 0 Å². The molecule has 8 N–H and O–H groups in total. The number of nitrogens with two attached hydrogens (primary N) is 1. The molecule has 4 rings (SSSR count). The summed E-state index contributed by atoms with van der Waals surface area (Å²) >= 11 is 0. The van der Waals surface area contributed by atoms with Crippen LogP contribution in [0.25, 0.3) is 5.76 Å². The lowest BCUT2D eigenvalue weighted by Gasteiger charge is -2.50. The molecule has 0 heterocycles. The first kappa shape index (κ1) is 29.1. The normalized spacial score (nSPS) is 27.9. The summed E-state index contributed by atoms with van der Waals surface area (Å²) in [4.78, 5) is 53.2. The molecule has 3 aliphatic carbocycles. The van der Waals surface area contributed by atoms with Crippen molar-refractivity contribution in [3.63, 3.8) is 0 Å². The van der Waals surface area contributed by atoms with E-state index in [9.17, 15) is 39.6 Å². The fraction of sp³-hybridized carbons (Fsp3) is 0.500. The Morgan fingerprint density at radius 1 is 1.10 bits per heavy atom. The average molecular weight is 557 g/mol. The van der Waals surface area contributed by atoms with E-state index in [1.165, 1.54) is 11.0 Å². The standard InChI is InChI=1S/C28H36N4O8/c1-10(2)8-9-30-28(40)31-13-7-6-12-11(3)14-17(23(35)15(12)21(13)33)24(36)18-16(22(14)34)20(32(4)5)26(38)19(25(18)37)27(29)39/h6-7,10-11,14,16,18,20,22,33-35,38H,8-9H2,1-5H3,(H2,29,39)(H2,30,31,40)/t11-,14?,16?,18?,20-,22-/m0/s1. The number of phenols is 1. The maximum atomic E-state index is 13.9. The largest absolute Gasteiger partial charge is 0.510 e. The van der Waals surface area contributed by atoms with Gasteiger partial charge in [0, 0.05) is 24.0 Å². The Hall–Kier alpha value is -3.90. The zero-order chi connectivity index (χ0) is 29.8. The van der Waals surface area contributed by atoms with Gasteiger partial charge in [-0.25, -0.2) is 4.79 Å². The summed E-state index contributed by atoms with van der Waals surface area (Å²) in [5, 5.41) is 50.1. The molecule has 0 aliphatic heterocycles. The number of likely N-dealkylation sites (N-methyl/N-ethyl adjacent to an activating group) is 1. The molecule has 3 unspecified atom stereocenters. The second-order valence-corrected chi connectivity index (χ2v) is 11.4. The van der Waals surface area contributed by atoms with Crippen LogP contribution < -0.4 is 16.4 Å². The molecule has 0 bridgehead atoms. The number of anilines is 1. The predicted octanol–water partition coefficient (Wildman–Crippen LogP) is 1.55. The number of carbonyl (C=O) groups is 4. The Morgan fingerprint density at radius 3 is 2.33 bits per heavy atom. The Bertz CT molecular complexity index is 1350. The second-order valence-electron chi connectivity index (χ2n) is 11.4. The highest BCUT2D eigenvalue weighted by Gasteiger charge is 2.60. The van der Waals surface area contributed by atoms with E-state index in [0.29, 0.717) is 18.0 Å². The van der Waals surface area contributed by atoms with Gasteiger partial charge in [0.05, 0.1) is 29.3 Å². The molecule has 1 aromatic carbocycles. The number of ketones is 2. The fourth-order valence-corrected chi connectivity index (χ4v) is 6.35. The van der Waals surface area contributed by atoms with Crippen LogP contribution in [0, 0.1) is 23.7 Å². The van der Waals surface area contributed by atoms with Crippen molar-refractivity contribution in [3.05, 3.63) is 40.2 Å². The Balaban J connectivity index is 1.80. The van der Waals surface area contributed by atoms with Gasteiger partial charge in [-0.3, -0.25) is 19.3 Å². The highest BCUT2D eigenvalue weighted by molar-refractivity contribution is 6.28. The van der Waals surface area contributed by atoms with E-state index in [4.69, 9.17) is 5.73 Å². The SMILES string of the molecule is CC(C)CCNC(=O)Nc1ccc2c(c1O)C(O)=C1C(=O)C3C(=O)C(C(N)=O)=C(O)[C@@H](N(C)C)C3[C@@H](O)C1[C@H]2C. The van der Waals surface area contributed by atoms with Crippen molar-refractivity contribution in [3.8, 4) is 5.75 Å². The number of primary amides is 1. The number of carbonyl (C=O) groups excluding carboxylic acids is 4. The van der Waals surface area contributed by atoms with Gasteiger partial charge in [0.1, 0.15) is 22.8 Å². The number of nitrogens with one attached hydrogen (secondary N) is 2. The first-order chi connectivity index (χ1) is 18.7. The van der Waals surface area contributed by atoms with Crippen molar-refractivity contribution in [2.45, 2.75) is 45.3 Å². The lowest BCUT2D eigenvalue weighted by atomic mass is 9.56. The molecular weight excluding hydrogens is 520 g/mol. The molecule has 3 aliphatic rings. The van der Waals surface area contributed by atoms with Gasteiger partial charge in [0.25, 0.3) is 5.91 Å². The molecule has 1 fully saturated rings. The third-order valence-electron chi connectivity index (χ3n) is 8.25. The number of phenolic OH excluding ortho intramolecular Hbond substituents is 1. The Labute approximate surface area is 231 Å². The van der Waals surface area contributed by atoms with Crippen LogP contribution in [0.3, 0.4) is 0 Å². The van der Waals surface area contributed by atoms with Crippen LogP contribution in [-0.2, 0) is 14.4 Å². The predicted molar refractivity (Wildman–Crippen MR) is 145 cm³/mol. The van der Waals surface area contributed by atoms with Gasteiger partial charge < -0.3 is 36.8 Å². The minimum absolute atomic E-state index is 0.00874. The summed E-state index contributed by atoms with van der Waals surface area (Å²) < 4.78 is 0. The van der Waals surface area contributed by atoms with E-state index in [1.54, 1.807) is 27.1 Å². The number of rotatable bonds is 6. The van der Waals surface area contributed by atoms with Crippen molar-refractivity contribution < 1.29 is 39.6 Å². The Morgan fingerprint density at radius 2 is 1.75 bits per heavy atom. The van der Waals surface area contributed by atoms with E-state index < -0.39 is 82.2 Å². The van der Waals surface area contributed by atoms with Gasteiger partial charge >= 0.3 is 6.03 Å². The summed E-state index contributed by atoms with van der Waals surface area (Å²) in [7, 11) is 3.13. The Kier molecular flexibility index (Phi) is 7.70. The van der Waals surface area contributed by atoms with Gasteiger partial charge in [0.2, 0.25) is 0 Å². The molecule has 1 saturated carbocycles. The summed E-state index contributed by atoms with van der Waals surface area (Å²) in [6, 6.07) is 1.41. The first-order valence-corrected chi connectivity index (χ1v) is 13.2. The minimum atomic E-state index is -1.60. The number of aliphatic hydroxyl groups is 3. The fourth-order valence-electron chi connectivity index (χ4n) is 6.35. The van der Waals surface area contributed by atoms with E-state index in [1.807, 2.05) is 13.8 Å². The van der Waals surface area contributed by atoms with Gasteiger partial charge in [0.15, 0.2) is 11.6 Å². The molecule has 3 amide bonds. The van der Waals surface area contributed by atoms with Crippen molar-refractivity contribution >= 4 is 35.0 Å². The monoisotopic (exact) mass is 556 g/mol. The van der Waals surface area contributed by atoms with Crippen LogP contribution in [-0.4, -0.2) is 81.6 Å². The van der Waals surface area contributed by atoms with Crippen molar-refractivity contribution in [1.29, 1.82) is 0 Å². The molecule has 0 saturated heterocycles. The summed E-state index contributed by atoms with van der Waals surface area (Å²) in [5.41, 5.74) is 4.70. The minimum Gasteiger partial charge on any atom is -0.510 e. The highest BCUT2D eigenvalue weighted by Crippen LogP contribution is 2.55. The van der Waals surface area contributed by atoms with Crippen molar-refractivity contribution in [1.82, 2.24) is 10.2 Å². The maximum absolute atomic E-state index is 13.9. The lowest BCUT2D eigenvalue weighted by molar-refractivity contribution is -0.143. The number of amides is 3. The maximum Gasteiger partial charge on any atom is 0.319 e. The van der Waals surface area contributed by atoms with Crippen LogP contribution in [0.2, 0.25) is 0 Å². The number of Topliss-reactive ketones (excluding diaryl/α,β-unsaturated/α-hetero) is 2. The topological polar surface area (TPSA) is 203 Å². The molecule has 40 heavy (non-hydrogen) atoms. The average Bonchev–Trinajstić information content (AvgIpc) is 2.84. The third kappa shape index (κ3) is 4.50. The van der Waals surface area contributed by atoms with Crippen LogP contribution in [0.4, 0.5) is 10.5 Å². The molecule has 6 atom stereocenters. The molecular formula is C28H36N4O8. The second kappa shape index (κ2) is 10.6. The van der Waals surface area contributed by atoms with Crippen molar-refractivity contribution in [2.24, 2.45) is 29.4 Å². The first-order valence-electron chi connectivity index (χ1n) is 13.2. The van der Waals surface area contributed by atoms with Gasteiger partial charge in [-0.1, -0.05) is 26.8 Å². The molecule has 0 spiro atoms. The highest BCUT2D eigenvalue weighted by atomic mass is 16.3.